The molecule has 2 amide bonds. The Balaban J connectivity index is 2.84. The van der Waals surface area contributed by atoms with E-state index in [9.17, 15) is 4.79 Å². The molecule has 0 heterocycles. The summed E-state index contributed by atoms with van der Waals surface area (Å²) in [7, 11) is 0. The maximum atomic E-state index is 12.0. The van der Waals surface area contributed by atoms with Gasteiger partial charge in [-0.1, -0.05) is 19.4 Å². The maximum Gasteiger partial charge on any atom is 0.319 e. The predicted molar refractivity (Wildman–Crippen MR) is 96.0 cm³/mol. The first-order chi connectivity index (χ1) is 10.4. The van der Waals surface area contributed by atoms with Gasteiger partial charge in [0.05, 0.1) is 12.3 Å². The zero-order chi connectivity index (χ0) is 16.6. The number of nitrogens with one attached hydrogen (secondary N) is 2. The van der Waals surface area contributed by atoms with Crippen molar-refractivity contribution in [2.45, 2.75) is 51.8 Å². The Hall–Kier alpha value is -1.36. The largest absolute Gasteiger partial charge is 0.491 e. The fraction of sp³-hybridized carbons (Fsp3) is 0.588. The lowest BCUT2D eigenvalue weighted by molar-refractivity contribution is 0.243. The van der Waals surface area contributed by atoms with E-state index < -0.39 is 0 Å². The lowest BCUT2D eigenvalue weighted by Crippen LogP contribution is -2.43. The van der Waals surface area contributed by atoms with Crippen molar-refractivity contribution in [2.24, 2.45) is 0 Å². The number of hydrogen-bond acceptors (Lipinski definition) is 3. The lowest BCUT2D eigenvalue weighted by Gasteiger charge is -2.21. The number of rotatable bonds is 7. The third-order valence-corrected chi connectivity index (χ3v) is 3.47. The molecular weight excluding hydrogens is 296 g/mol. The molecule has 0 unspecified atom stereocenters. The number of hydrogen-bond donors (Lipinski definition) is 2. The van der Waals surface area contributed by atoms with Crippen molar-refractivity contribution >= 4 is 23.5 Å². The SMILES string of the molecule is CCCCOc1cc(CSC)ccc1NC(=O)NC(C)(C)C. The van der Waals surface area contributed by atoms with E-state index in [-0.39, 0.29) is 11.6 Å². The van der Waals surface area contributed by atoms with Crippen molar-refractivity contribution in [2.75, 3.05) is 18.2 Å². The average Bonchev–Trinajstić information content (AvgIpc) is 2.40. The summed E-state index contributed by atoms with van der Waals surface area (Å²) in [5.74, 6) is 1.67. The van der Waals surface area contributed by atoms with Crippen LogP contribution < -0.4 is 15.4 Å². The topological polar surface area (TPSA) is 50.4 Å². The minimum atomic E-state index is -0.272. The molecule has 0 aliphatic carbocycles. The summed E-state index contributed by atoms with van der Waals surface area (Å²) in [6.07, 6.45) is 4.15. The van der Waals surface area contributed by atoms with Gasteiger partial charge in [0.1, 0.15) is 5.75 Å². The fourth-order valence-electron chi connectivity index (χ4n) is 1.87. The highest BCUT2D eigenvalue weighted by atomic mass is 32.2. The van der Waals surface area contributed by atoms with Gasteiger partial charge >= 0.3 is 6.03 Å². The van der Waals surface area contributed by atoms with Crippen LogP contribution >= 0.6 is 11.8 Å². The summed E-state index contributed by atoms with van der Waals surface area (Å²) in [4.78, 5) is 12.0. The highest BCUT2D eigenvalue weighted by Gasteiger charge is 2.15. The van der Waals surface area contributed by atoms with Crippen molar-refractivity contribution in [3.8, 4) is 5.75 Å². The van der Waals surface area contributed by atoms with Gasteiger partial charge in [-0.15, -0.1) is 0 Å². The van der Waals surface area contributed by atoms with E-state index in [1.165, 1.54) is 5.56 Å². The maximum absolute atomic E-state index is 12.0. The number of anilines is 1. The summed E-state index contributed by atoms with van der Waals surface area (Å²) in [5, 5.41) is 5.77. The van der Waals surface area contributed by atoms with Gasteiger partial charge < -0.3 is 15.4 Å². The van der Waals surface area contributed by atoms with Gasteiger partial charge in [0.25, 0.3) is 0 Å². The standard InChI is InChI=1S/C17H28N2O2S/c1-6-7-10-21-15-11-13(12-22-5)8-9-14(15)18-16(20)19-17(2,3)4/h8-9,11H,6-7,10,12H2,1-5H3,(H2,18,19,20). The first kappa shape index (κ1) is 18.7. The van der Waals surface area contributed by atoms with E-state index in [1.807, 2.05) is 39.0 Å². The third kappa shape index (κ3) is 7.07. The number of ether oxygens (including phenoxy) is 1. The summed E-state index contributed by atoms with van der Waals surface area (Å²) in [5.41, 5.74) is 1.63. The van der Waals surface area contributed by atoms with Crippen molar-refractivity contribution in [3.63, 3.8) is 0 Å². The van der Waals surface area contributed by atoms with Crippen LogP contribution in [0.1, 0.15) is 46.1 Å². The molecule has 0 saturated heterocycles. The van der Waals surface area contributed by atoms with Crippen LogP contribution in [0.15, 0.2) is 18.2 Å². The summed E-state index contributed by atoms with van der Waals surface area (Å²) < 4.78 is 5.84. The molecule has 1 rings (SSSR count). The van der Waals surface area contributed by atoms with Crippen molar-refractivity contribution < 1.29 is 9.53 Å². The van der Waals surface area contributed by atoms with Gasteiger partial charge in [0.15, 0.2) is 0 Å². The molecule has 0 aliphatic rings. The zero-order valence-electron chi connectivity index (χ0n) is 14.3. The molecular formula is C17H28N2O2S. The monoisotopic (exact) mass is 324 g/mol. The zero-order valence-corrected chi connectivity index (χ0v) is 15.1. The summed E-state index contributed by atoms with van der Waals surface area (Å²) in [6.45, 7) is 8.64. The quantitative estimate of drug-likeness (QED) is 0.718. The lowest BCUT2D eigenvalue weighted by atomic mass is 10.1. The Morgan fingerprint density at radius 2 is 2.05 bits per heavy atom. The van der Waals surface area contributed by atoms with Crippen LogP contribution in [0.5, 0.6) is 5.75 Å². The fourth-order valence-corrected chi connectivity index (χ4v) is 2.38. The smallest absolute Gasteiger partial charge is 0.319 e. The minimum absolute atomic E-state index is 0.217. The van der Waals surface area contributed by atoms with Crippen molar-refractivity contribution in [3.05, 3.63) is 23.8 Å². The van der Waals surface area contributed by atoms with E-state index in [1.54, 1.807) is 11.8 Å². The van der Waals surface area contributed by atoms with E-state index >= 15 is 0 Å². The Morgan fingerprint density at radius 1 is 1.32 bits per heavy atom. The minimum Gasteiger partial charge on any atom is -0.491 e. The van der Waals surface area contributed by atoms with Crippen LogP contribution in [-0.4, -0.2) is 24.4 Å². The molecule has 1 aromatic carbocycles. The van der Waals surface area contributed by atoms with Gasteiger partial charge in [-0.3, -0.25) is 0 Å². The van der Waals surface area contributed by atoms with E-state index in [4.69, 9.17) is 4.74 Å². The second-order valence-electron chi connectivity index (χ2n) is 6.29. The number of amides is 2. The molecule has 4 nitrogen and oxygen atoms in total. The molecule has 0 saturated carbocycles. The number of carbonyl (C=O) groups is 1. The van der Waals surface area contributed by atoms with Crippen LogP contribution in [0.25, 0.3) is 0 Å². The molecule has 0 atom stereocenters. The van der Waals surface area contributed by atoms with Gasteiger partial charge in [-0.25, -0.2) is 4.79 Å². The van der Waals surface area contributed by atoms with Gasteiger partial charge in [-0.05, 0) is 51.1 Å². The Kier molecular flexibility index (Phi) is 7.59. The molecule has 0 spiro atoms. The van der Waals surface area contributed by atoms with Crippen molar-refractivity contribution in [1.82, 2.24) is 5.32 Å². The highest BCUT2D eigenvalue weighted by molar-refractivity contribution is 7.97. The van der Waals surface area contributed by atoms with E-state index in [2.05, 4.69) is 23.8 Å². The van der Waals surface area contributed by atoms with E-state index in [0.717, 1.165) is 24.3 Å². The number of unbranched alkanes of at least 4 members (excludes halogenated alkanes) is 1. The van der Waals surface area contributed by atoms with Crippen LogP contribution in [0.3, 0.4) is 0 Å². The molecule has 2 N–H and O–H groups in total. The first-order valence-electron chi connectivity index (χ1n) is 7.69. The predicted octanol–water partition coefficient (Wildman–Crippen LogP) is 4.65. The number of benzene rings is 1. The molecule has 124 valence electrons. The number of thioether (sulfide) groups is 1. The van der Waals surface area contributed by atoms with E-state index in [0.29, 0.717) is 12.3 Å². The highest BCUT2D eigenvalue weighted by Crippen LogP contribution is 2.27. The van der Waals surface area contributed by atoms with Crippen LogP contribution in [0.4, 0.5) is 10.5 Å². The van der Waals surface area contributed by atoms with Gasteiger partial charge in [-0.2, -0.15) is 11.8 Å². The Labute approximate surface area is 138 Å². The molecule has 0 aliphatic heterocycles. The average molecular weight is 324 g/mol. The van der Waals surface area contributed by atoms with Crippen LogP contribution in [0, 0.1) is 0 Å². The molecule has 5 heteroatoms. The number of carbonyl (C=O) groups excluding carboxylic acids is 1. The summed E-state index contributed by atoms with van der Waals surface area (Å²) >= 11 is 1.76. The molecule has 0 aromatic heterocycles. The van der Waals surface area contributed by atoms with Crippen LogP contribution in [0.2, 0.25) is 0 Å². The Morgan fingerprint density at radius 3 is 2.64 bits per heavy atom. The Bertz CT molecular complexity index is 484. The molecule has 0 radical (unpaired) electrons. The normalized spacial score (nSPS) is 11.1. The third-order valence-electron chi connectivity index (χ3n) is 2.85. The number of urea groups is 1. The molecule has 22 heavy (non-hydrogen) atoms. The summed E-state index contributed by atoms with van der Waals surface area (Å²) in [6, 6.07) is 5.73. The van der Waals surface area contributed by atoms with Gasteiger partial charge in [0, 0.05) is 11.3 Å². The molecule has 0 fully saturated rings. The second-order valence-corrected chi connectivity index (χ2v) is 7.16. The second kappa shape index (κ2) is 8.93. The van der Waals surface area contributed by atoms with Crippen LogP contribution in [-0.2, 0) is 5.75 Å². The first-order valence-corrected chi connectivity index (χ1v) is 9.09. The molecule has 1 aromatic rings. The van der Waals surface area contributed by atoms with Gasteiger partial charge in [0.2, 0.25) is 0 Å². The molecule has 0 bridgehead atoms. The van der Waals surface area contributed by atoms with Crippen molar-refractivity contribution in [1.29, 1.82) is 0 Å².